The third-order valence-corrected chi connectivity index (χ3v) is 7.24. The van der Waals surface area contributed by atoms with E-state index in [2.05, 4.69) is 34.2 Å². The maximum Gasteiger partial charge on any atom is 0.165 e. The van der Waals surface area contributed by atoms with E-state index in [-0.39, 0.29) is 23.9 Å². The van der Waals surface area contributed by atoms with Crippen molar-refractivity contribution < 1.29 is 13.9 Å². The van der Waals surface area contributed by atoms with Gasteiger partial charge in [0.1, 0.15) is 5.78 Å². The Morgan fingerprint density at radius 1 is 1.27 bits per heavy atom. The second-order valence-electron chi connectivity index (χ2n) is 9.33. The number of ketones is 1. The number of hydrogen-bond donors (Lipinski definition) is 1. The van der Waals surface area contributed by atoms with E-state index >= 15 is 0 Å². The Hall–Kier alpha value is -2.09. The molecule has 178 valence electrons. The Labute approximate surface area is 199 Å². The number of hydrogen-bond acceptors (Lipinski definition) is 6. The van der Waals surface area contributed by atoms with Gasteiger partial charge in [-0.2, -0.15) is 0 Å². The Morgan fingerprint density at radius 2 is 2.06 bits per heavy atom. The largest absolute Gasteiger partial charge is 0.381 e. The van der Waals surface area contributed by atoms with Gasteiger partial charge in [0.15, 0.2) is 11.6 Å². The Kier molecular flexibility index (Phi) is 7.94. The van der Waals surface area contributed by atoms with Crippen LogP contribution in [0.15, 0.2) is 24.4 Å². The predicted molar refractivity (Wildman–Crippen MR) is 128 cm³/mol. The van der Waals surface area contributed by atoms with Gasteiger partial charge in [0.05, 0.1) is 10.7 Å². The van der Waals surface area contributed by atoms with E-state index in [4.69, 9.17) is 16.3 Å². The molecule has 4 rings (SSSR count). The van der Waals surface area contributed by atoms with Crippen LogP contribution in [0.1, 0.15) is 38.3 Å². The van der Waals surface area contributed by atoms with E-state index in [1.807, 2.05) is 0 Å². The monoisotopic (exact) mass is 474 g/mol. The van der Waals surface area contributed by atoms with Crippen molar-refractivity contribution in [3.63, 3.8) is 0 Å². The number of pyridine rings is 2. The minimum Gasteiger partial charge on any atom is -0.381 e. The Balaban J connectivity index is 1.47. The van der Waals surface area contributed by atoms with Crippen molar-refractivity contribution in [2.75, 3.05) is 38.7 Å². The standard InChI is InChI=1S/C25H32ClFN4O2/c1-16-3-4-18(15-31(16)2)24(32)12-19-11-20(21(26)14-28-19)23-6-5-22(27)25(30-23)29-13-17-7-9-33-10-8-17/h5-6,11,14,16-18H,3-4,7-10,12-13,15H2,1-2H3,(H,29,30)/t16-,18-/m1/s1. The molecule has 2 aromatic rings. The van der Waals surface area contributed by atoms with Crippen molar-refractivity contribution in [1.29, 1.82) is 0 Å². The molecular formula is C25H32ClFN4O2. The maximum atomic E-state index is 14.4. The average Bonchev–Trinajstić information content (AvgIpc) is 2.82. The summed E-state index contributed by atoms with van der Waals surface area (Å²) in [7, 11) is 2.07. The first-order valence-electron chi connectivity index (χ1n) is 11.8. The van der Waals surface area contributed by atoms with Crippen LogP contribution in [0.3, 0.4) is 0 Å². The zero-order chi connectivity index (χ0) is 23.4. The molecule has 4 heterocycles. The molecular weight excluding hydrogens is 443 g/mol. The highest BCUT2D eigenvalue weighted by Crippen LogP contribution is 2.29. The highest BCUT2D eigenvalue weighted by atomic mass is 35.5. The van der Waals surface area contributed by atoms with E-state index in [1.165, 1.54) is 6.07 Å². The third kappa shape index (κ3) is 6.08. The summed E-state index contributed by atoms with van der Waals surface area (Å²) in [6.45, 7) is 5.10. The van der Waals surface area contributed by atoms with Crippen LogP contribution in [0.5, 0.6) is 0 Å². The fourth-order valence-electron chi connectivity index (χ4n) is 4.55. The number of ether oxygens (including phenoxy) is 1. The van der Waals surface area contributed by atoms with Crippen LogP contribution in [-0.2, 0) is 16.0 Å². The molecule has 0 radical (unpaired) electrons. The number of Topliss-reactive ketones (excluding diaryl/α,β-unsaturated/α-hetero) is 1. The molecule has 2 aliphatic heterocycles. The lowest BCUT2D eigenvalue weighted by Crippen LogP contribution is -2.41. The molecule has 0 spiro atoms. The predicted octanol–water partition coefficient (Wildman–Crippen LogP) is 4.62. The summed E-state index contributed by atoms with van der Waals surface area (Å²) in [5.74, 6) is 0.468. The number of carbonyl (C=O) groups excluding carboxylic acids is 1. The normalized spacial score (nSPS) is 22.3. The van der Waals surface area contributed by atoms with Gasteiger partial charge >= 0.3 is 0 Å². The minimum atomic E-state index is -0.401. The van der Waals surface area contributed by atoms with Crippen LogP contribution < -0.4 is 5.32 Å². The minimum absolute atomic E-state index is 0.0251. The summed E-state index contributed by atoms with van der Waals surface area (Å²) < 4.78 is 19.8. The van der Waals surface area contributed by atoms with Crippen LogP contribution >= 0.6 is 11.6 Å². The molecule has 33 heavy (non-hydrogen) atoms. The highest BCUT2D eigenvalue weighted by molar-refractivity contribution is 6.33. The molecule has 0 bridgehead atoms. The van der Waals surface area contributed by atoms with Crippen molar-refractivity contribution in [2.45, 2.75) is 45.1 Å². The lowest BCUT2D eigenvalue weighted by atomic mass is 9.88. The summed E-state index contributed by atoms with van der Waals surface area (Å²) in [6.07, 6.45) is 5.65. The van der Waals surface area contributed by atoms with Gasteiger partial charge in [0, 0.05) is 62.1 Å². The topological polar surface area (TPSA) is 67.3 Å². The van der Waals surface area contributed by atoms with Crippen LogP contribution in [0.25, 0.3) is 11.3 Å². The summed E-state index contributed by atoms with van der Waals surface area (Å²) in [6, 6.07) is 5.32. The van der Waals surface area contributed by atoms with E-state index in [9.17, 15) is 9.18 Å². The number of nitrogens with one attached hydrogen (secondary N) is 1. The number of anilines is 1. The molecule has 0 unspecified atom stereocenters. The number of aromatic nitrogens is 2. The zero-order valence-electron chi connectivity index (χ0n) is 19.3. The van der Waals surface area contributed by atoms with Gasteiger partial charge in [-0.25, -0.2) is 9.37 Å². The van der Waals surface area contributed by atoms with Gasteiger partial charge in [-0.15, -0.1) is 0 Å². The quantitative estimate of drug-likeness (QED) is 0.631. The maximum absolute atomic E-state index is 14.4. The van der Waals surface area contributed by atoms with Crippen molar-refractivity contribution in [3.8, 4) is 11.3 Å². The Morgan fingerprint density at radius 3 is 2.82 bits per heavy atom. The van der Waals surface area contributed by atoms with Gasteiger partial charge < -0.3 is 15.0 Å². The van der Waals surface area contributed by atoms with Gasteiger partial charge in [-0.3, -0.25) is 9.78 Å². The molecule has 0 aliphatic carbocycles. The molecule has 6 nitrogen and oxygen atoms in total. The lowest BCUT2D eigenvalue weighted by Gasteiger charge is -2.34. The second kappa shape index (κ2) is 10.9. The third-order valence-electron chi connectivity index (χ3n) is 6.94. The van der Waals surface area contributed by atoms with Gasteiger partial charge in [0.25, 0.3) is 0 Å². The number of piperidine rings is 1. The van der Waals surface area contributed by atoms with Crippen molar-refractivity contribution in [1.82, 2.24) is 14.9 Å². The summed E-state index contributed by atoms with van der Waals surface area (Å²) in [4.78, 5) is 24.0. The lowest BCUT2D eigenvalue weighted by molar-refractivity contribution is -0.124. The molecule has 1 N–H and O–H groups in total. The van der Waals surface area contributed by atoms with Crippen molar-refractivity contribution >= 4 is 23.2 Å². The molecule has 0 aromatic carbocycles. The van der Waals surface area contributed by atoms with Crippen LogP contribution in [-0.4, -0.2) is 60.0 Å². The molecule has 0 amide bonds. The number of halogens is 2. The average molecular weight is 475 g/mol. The van der Waals surface area contributed by atoms with Gasteiger partial charge in [-0.05, 0) is 63.8 Å². The number of carbonyl (C=O) groups is 1. The molecule has 0 saturated carbocycles. The van der Waals surface area contributed by atoms with E-state index in [0.29, 0.717) is 40.5 Å². The molecule has 2 aliphatic rings. The van der Waals surface area contributed by atoms with E-state index in [0.717, 1.165) is 45.4 Å². The summed E-state index contributed by atoms with van der Waals surface area (Å²) in [5.41, 5.74) is 1.86. The summed E-state index contributed by atoms with van der Waals surface area (Å²) >= 11 is 6.42. The number of rotatable bonds is 7. The Bertz CT molecular complexity index is 983. The first-order valence-corrected chi connectivity index (χ1v) is 12.1. The van der Waals surface area contributed by atoms with Crippen molar-refractivity contribution in [3.05, 3.63) is 40.9 Å². The van der Waals surface area contributed by atoms with Crippen molar-refractivity contribution in [2.24, 2.45) is 11.8 Å². The zero-order valence-corrected chi connectivity index (χ0v) is 20.1. The van der Waals surface area contributed by atoms with E-state index < -0.39 is 5.82 Å². The number of likely N-dealkylation sites (tertiary alicyclic amines) is 1. The molecule has 8 heteroatoms. The molecule has 2 saturated heterocycles. The fourth-order valence-corrected chi connectivity index (χ4v) is 4.75. The van der Waals surface area contributed by atoms with Gasteiger partial charge in [-0.1, -0.05) is 11.6 Å². The first-order chi connectivity index (χ1) is 15.9. The fraction of sp³-hybridized carbons (Fsp3) is 0.560. The van der Waals surface area contributed by atoms with Crippen LogP contribution in [0.2, 0.25) is 5.02 Å². The number of nitrogens with zero attached hydrogens (tertiary/aromatic N) is 3. The smallest absolute Gasteiger partial charge is 0.165 e. The molecule has 2 fully saturated rings. The highest BCUT2D eigenvalue weighted by Gasteiger charge is 2.28. The van der Waals surface area contributed by atoms with Crippen LogP contribution in [0, 0.1) is 17.7 Å². The SMILES string of the molecule is C[C@@H]1CC[C@@H](C(=O)Cc2cc(-c3ccc(F)c(NCC4CCOCC4)n3)c(Cl)cn2)CN1C. The molecule has 2 aromatic heterocycles. The molecule has 2 atom stereocenters. The van der Waals surface area contributed by atoms with E-state index in [1.54, 1.807) is 18.3 Å². The first kappa shape index (κ1) is 24.0. The second-order valence-corrected chi connectivity index (χ2v) is 9.73. The van der Waals surface area contributed by atoms with Gasteiger partial charge in [0.2, 0.25) is 0 Å². The summed E-state index contributed by atoms with van der Waals surface area (Å²) in [5, 5.41) is 3.57. The van der Waals surface area contributed by atoms with Crippen LogP contribution in [0.4, 0.5) is 10.2 Å².